The molecule has 12 heavy (non-hydrogen) atoms. The topological polar surface area (TPSA) is 18.5 Å². The minimum Gasteiger partial charge on any atom is -0.340 e. The van der Waals surface area contributed by atoms with Crippen molar-refractivity contribution < 1.29 is 22.6 Å². The van der Waals surface area contributed by atoms with E-state index in [2.05, 4.69) is 9.47 Å². The van der Waals surface area contributed by atoms with Crippen molar-refractivity contribution in [3.05, 3.63) is 0 Å². The molecule has 2 nitrogen and oxygen atoms in total. The van der Waals surface area contributed by atoms with E-state index in [1.54, 1.807) is 6.92 Å². The van der Waals surface area contributed by atoms with Gasteiger partial charge in [-0.05, 0) is 0 Å². The minimum absolute atomic E-state index is 0.0273. The van der Waals surface area contributed by atoms with E-state index in [0.29, 0.717) is 6.42 Å². The lowest BCUT2D eigenvalue weighted by molar-refractivity contribution is -0.345. The molecule has 0 N–H and O–H groups in total. The average Bonchev–Trinajstić information content (AvgIpc) is 2.36. The molecule has 0 unspecified atom stereocenters. The molecule has 5 heteroatoms. The lowest BCUT2D eigenvalue weighted by Crippen LogP contribution is -2.46. The van der Waals surface area contributed by atoms with E-state index < -0.39 is 12.0 Å². The molecule has 1 aliphatic rings. The minimum atomic E-state index is -4.42. The van der Waals surface area contributed by atoms with Gasteiger partial charge in [0, 0.05) is 6.42 Å². The SMILES string of the molecule is CCCC1(C(F)(F)F)OCCO1. The van der Waals surface area contributed by atoms with E-state index in [9.17, 15) is 13.2 Å². The van der Waals surface area contributed by atoms with Gasteiger partial charge in [0.1, 0.15) is 0 Å². The first-order valence-electron chi connectivity index (χ1n) is 3.86. The van der Waals surface area contributed by atoms with Crippen LogP contribution in [0.15, 0.2) is 0 Å². The Bertz CT molecular complexity index is 149. The third-order valence-corrected chi connectivity index (χ3v) is 1.76. The molecule has 0 aromatic heterocycles. The molecule has 1 saturated heterocycles. The first-order valence-corrected chi connectivity index (χ1v) is 3.86. The standard InChI is InChI=1S/C7H11F3O2/c1-2-3-6(7(8,9)10)11-4-5-12-6/h2-5H2,1H3. The summed E-state index contributed by atoms with van der Waals surface area (Å²) in [7, 11) is 0. The van der Waals surface area contributed by atoms with Gasteiger partial charge in [0.2, 0.25) is 0 Å². The van der Waals surface area contributed by atoms with Crippen molar-refractivity contribution in [1.29, 1.82) is 0 Å². The van der Waals surface area contributed by atoms with Crippen LogP contribution in [-0.4, -0.2) is 25.2 Å². The van der Waals surface area contributed by atoms with Crippen molar-refractivity contribution in [2.45, 2.75) is 31.7 Å². The molecule has 1 rings (SSSR count). The van der Waals surface area contributed by atoms with Crippen molar-refractivity contribution in [3.8, 4) is 0 Å². The molecule has 0 bridgehead atoms. The van der Waals surface area contributed by atoms with Gasteiger partial charge in [-0.3, -0.25) is 0 Å². The van der Waals surface area contributed by atoms with Crippen molar-refractivity contribution >= 4 is 0 Å². The van der Waals surface area contributed by atoms with E-state index in [-0.39, 0.29) is 19.6 Å². The zero-order chi connectivity index (χ0) is 9.24. The number of halogens is 3. The smallest absolute Gasteiger partial charge is 0.340 e. The van der Waals surface area contributed by atoms with Crippen molar-refractivity contribution in [2.75, 3.05) is 13.2 Å². The normalized spacial score (nSPS) is 23.0. The lowest BCUT2D eigenvalue weighted by Gasteiger charge is -2.28. The van der Waals surface area contributed by atoms with Gasteiger partial charge in [0.05, 0.1) is 13.2 Å². The summed E-state index contributed by atoms with van der Waals surface area (Å²) in [6.45, 7) is 1.72. The molecule has 1 fully saturated rings. The molecule has 0 amide bonds. The van der Waals surface area contributed by atoms with Crippen LogP contribution >= 0.6 is 0 Å². The zero-order valence-corrected chi connectivity index (χ0v) is 6.78. The van der Waals surface area contributed by atoms with Gasteiger partial charge < -0.3 is 9.47 Å². The van der Waals surface area contributed by atoms with Gasteiger partial charge in [-0.15, -0.1) is 0 Å². The van der Waals surface area contributed by atoms with Gasteiger partial charge in [0.15, 0.2) is 0 Å². The Balaban J connectivity index is 2.72. The van der Waals surface area contributed by atoms with Crippen LogP contribution in [0.2, 0.25) is 0 Å². The Hall–Kier alpha value is -0.290. The van der Waals surface area contributed by atoms with Gasteiger partial charge in [-0.25, -0.2) is 0 Å². The van der Waals surface area contributed by atoms with Crippen molar-refractivity contribution in [1.82, 2.24) is 0 Å². The molecule has 1 heterocycles. The van der Waals surface area contributed by atoms with Crippen LogP contribution in [0, 0.1) is 0 Å². The average molecular weight is 184 g/mol. The number of ether oxygens (including phenoxy) is 2. The van der Waals surface area contributed by atoms with Gasteiger partial charge in [-0.1, -0.05) is 13.3 Å². The van der Waals surface area contributed by atoms with E-state index in [1.807, 2.05) is 0 Å². The molecule has 0 aliphatic carbocycles. The predicted molar refractivity (Wildman–Crippen MR) is 35.6 cm³/mol. The highest BCUT2D eigenvalue weighted by Crippen LogP contribution is 2.40. The number of rotatable bonds is 2. The summed E-state index contributed by atoms with van der Waals surface area (Å²) < 4.78 is 46.3. The maximum absolute atomic E-state index is 12.4. The second kappa shape index (κ2) is 3.22. The second-order valence-corrected chi connectivity index (χ2v) is 2.70. The number of hydrogen-bond donors (Lipinski definition) is 0. The highest BCUT2D eigenvalue weighted by molar-refractivity contribution is 4.81. The quantitative estimate of drug-likeness (QED) is 0.654. The van der Waals surface area contributed by atoms with Crippen LogP contribution < -0.4 is 0 Å². The first kappa shape index (κ1) is 9.80. The zero-order valence-electron chi connectivity index (χ0n) is 6.78. The molecule has 72 valence electrons. The summed E-state index contributed by atoms with van der Waals surface area (Å²) in [5.74, 6) is -2.32. The van der Waals surface area contributed by atoms with Gasteiger partial charge in [-0.2, -0.15) is 13.2 Å². The highest BCUT2D eigenvalue weighted by Gasteiger charge is 2.59. The van der Waals surface area contributed by atoms with Gasteiger partial charge in [0.25, 0.3) is 5.79 Å². The summed E-state index contributed by atoms with van der Waals surface area (Å²) in [6, 6.07) is 0. The van der Waals surface area contributed by atoms with E-state index in [4.69, 9.17) is 0 Å². The Morgan fingerprint density at radius 3 is 2.08 bits per heavy atom. The molecule has 0 spiro atoms. The monoisotopic (exact) mass is 184 g/mol. The van der Waals surface area contributed by atoms with E-state index >= 15 is 0 Å². The Kier molecular flexibility index (Phi) is 2.63. The lowest BCUT2D eigenvalue weighted by atomic mass is 10.1. The van der Waals surface area contributed by atoms with Gasteiger partial charge >= 0.3 is 6.18 Å². The Labute approximate surface area is 68.6 Å². The number of hydrogen-bond acceptors (Lipinski definition) is 2. The first-order chi connectivity index (χ1) is 5.52. The Morgan fingerprint density at radius 1 is 1.25 bits per heavy atom. The third-order valence-electron chi connectivity index (χ3n) is 1.76. The molecule has 0 aromatic carbocycles. The van der Waals surface area contributed by atoms with Crippen LogP contribution in [0.3, 0.4) is 0 Å². The summed E-state index contributed by atoms with van der Waals surface area (Å²) in [5.41, 5.74) is 0. The van der Waals surface area contributed by atoms with Crippen LogP contribution in [0.4, 0.5) is 13.2 Å². The predicted octanol–water partition coefficient (Wildman–Crippen LogP) is 2.09. The van der Waals surface area contributed by atoms with Crippen molar-refractivity contribution in [2.24, 2.45) is 0 Å². The molecule has 0 saturated carbocycles. The summed E-state index contributed by atoms with van der Waals surface area (Å²) in [6.07, 6.45) is -4.16. The van der Waals surface area contributed by atoms with Crippen LogP contribution in [0.1, 0.15) is 19.8 Å². The molecular weight excluding hydrogens is 173 g/mol. The summed E-state index contributed by atoms with van der Waals surface area (Å²) in [5, 5.41) is 0. The second-order valence-electron chi connectivity index (χ2n) is 2.70. The fraction of sp³-hybridized carbons (Fsp3) is 1.00. The fourth-order valence-corrected chi connectivity index (χ4v) is 1.23. The van der Waals surface area contributed by atoms with Crippen molar-refractivity contribution in [3.63, 3.8) is 0 Å². The molecule has 0 aromatic rings. The molecule has 0 radical (unpaired) electrons. The maximum atomic E-state index is 12.4. The van der Waals surface area contributed by atoms with Crippen LogP contribution in [0.25, 0.3) is 0 Å². The summed E-state index contributed by atoms with van der Waals surface area (Å²) >= 11 is 0. The fourth-order valence-electron chi connectivity index (χ4n) is 1.23. The molecule has 0 atom stereocenters. The Morgan fingerprint density at radius 2 is 1.75 bits per heavy atom. The highest BCUT2D eigenvalue weighted by atomic mass is 19.4. The molecular formula is C7H11F3O2. The van der Waals surface area contributed by atoms with E-state index in [1.165, 1.54) is 0 Å². The largest absolute Gasteiger partial charge is 0.443 e. The number of alkyl halides is 3. The third kappa shape index (κ3) is 1.56. The maximum Gasteiger partial charge on any atom is 0.443 e. The van der Waals surface area contributed by atoms with Crippen LogP contribution in [0.5, 0.6) is 0 Å². The summed E-state index contributed by atoms with van der Waals surface area (Å²) in [4.78, 5) is 0. The van der Waals surface area contributed by atoms with Crippen LogP contribution in [-0.2, 0) is 9.47 Å². The van der Waals surface area contributed by atoms with E-state index in [0.717, 1.165) is 0 Å². The molecule has 1 aliphatic heterocycles.